The normalized spacial score (nSPS) is 45.6. The van der Waals surface area contributed by atoms with E-state index in [1.165, 1.54) is 20.0 Å². The highest BCUT2D eigenvalue weighted by Gasteiger charge is 2.60. The summed E-state index contributed by atoms with van der Waals surface area (Å²) in [6.07, 6.45) is 7.60. The van der Waals surface area contributed by atoms with Crippen molar-refractivity contribution in [3.05, 3.63) is 0 Å². The number of esters is 1. The Labute approximate surface area is 122 Å². The molecule has 3 aliphatic rings. The van der Waals surface area contributed by atoms with Crippen molar-refractivity contribution >= 4 is 5.97 Å². The predicted octanol–water partition coefficient (Wildman–Crippen LogP) is 3.42. The Hall–Kier alpha value is -0.570. The minimum Gasteiger partial charge on any atom is -0.469 e. The lowest BCUT2D eigenvalue weighted by molar-refractivity contribution is -0.141. The van der Waals surface area contributed by atoms with Crippen molar-refractivity contribution in [3.8, 4) is 0 Å². The van der Waals surface area contributed by atoms with Gasteiger partial charge in [-0.05, 0) is 61.7 Å². The van der Waals surface area contributed by atoms with Crippen LogP contribution in [-0.2, 0) is 14.3 Å². The highest BCUT2D eigenvalue weighted by Crippen LogP contribution is 2.62. The first-order valence-electron chi connectivity index (χ1n) is 8.41. The van der Waals surface area contributed by atoms with Crippen molar-refractivity contribution in [2.45, 2.75) is 64.6 Å². The summed E-state index contributed by atoms with van der Waals surface area (Å²) in [5.74, 6) is 3.92. The number of methoxy groups -OCH3 is 1. The van der Waals surface area contributed by atoms with Crippen LogP contribution < -0.4 is 0 Å². The van der Waals surface area contributed by atoms with E-state index in [1.54, 1.807) is 0 Å². The van der Waals surface area contributed by atoms with Crippen LogP contribution in [0.4, 0.5) is 0 Å². The van der Waals surface area contributed by atoms with Gasteiger partial charge in [-0.1, -0.05) is 13.8 Å². The predicted molar refractivity (Wildman–Crippen MR) is 77.2 cm³/mol. The molecule has 0 aromatic rings. The van der Waals surface area contributed by atoms with Gasteiger partial charge < -0.3 is 9.47 Å². The number of carbonyl (C=O) groups excluding carboxylic acids is 1. The standard InChI is InChI=1S/C17H28O3/c1-4-13-16-11-8-10(6-7-15(18)19-3)12(9-11)17(16)14(5-2)20-13/h10-14,16-17H,4-9H2,1-3H3. The van der Waals surface area contributed by atoms with Gasteiger partial charge in [0, 0.05) is 6.42 Å². The molecule has 3 nitrogen and oxygen atoms in total. The van der Waals surface area contributed by atoms with Crippen LogP contribution in [0, 0.1) is 29.6 Å². The van der Waals surface area contributed by atoms with Gasteiger partial charge in [0.25, 0.3) is 0 Å². The molecule has 3 heteroatoms. The molecule has 0 aromatic carbocycles. The van der Waals surface area contributed by atoms with Crippen LogP contribution in [0.15, 0.2) is 0 Å². The van der Waals surface area contributed by atoms with Crippen molar-refractivity contribution in [3.63, 3.8) is 0 Å². The third kappa shape index (κ3) is 2.18. The summed E-state index contributed by atoms with van der Waals surface area (Å²) in [7, 11) is 1.49. The first kappa shape index (κ1) is 14.4. The summed E-state index contributed by atoms with van der Waals surface area (Å²) in [4.78, 5) is 11.4. The molecule has 0 spiro atoms. The maximum atomic E-state index is 11.4. The Bertz CT molecular complexity index is 367. The largest absolute Gasteiger partial charge is 0.469 e. The minimum absolute atomic E-state index is 0.0505. The third-order valence-electron chi connectivity index (χ3n) is 6.23. The fourth-order valence-corrected chi connectivity index (χ4v) is 5.54. The van der Waals surface area contributed by atoms with Crippen LogP contribution >= 0.6 is 0 Å². The zero-order valence-electron chi connectivity index (χ0n) is 13.0. The summed E-state index contributed by atoms with van der Waals surface area (Å²) in [6.45, 7) is 4.52. The third-order valence-corrected chi connectivity index (χ3v) is 6.23. The Kier molecular flexibility index (Phi) is 4.07. The van der Waals surface area contributed by atoms with Gasteiger partial charge in [0.2, 0.25) is 0 Å². The molecule has 20 heavy (non-hydrogen) atoms. The molecule has 0 amide bonds. The van der Waals surface area contributed by atoms with E-state index in [9.17, 15) is 4.79 Å². The van der Waals surface area contributed by atoms with Crippen molar-refractivity contribution in [2.24, 2.45) is 29.6 Å². The molecule has 0 N–H and O–H groups in total. The van der Waals surface area contributed by atoms with Gasteiger partial charge in [-0.2, -0.15) is 0 Å². The van der Waals surface area contributed by atoms with Crippen LogP contribution in [0.2, 0.25) is 0 Å². The first-order chi connectivity index (χ1) is 9.69. The maximum absolute atomic E-state index is 11.4. The van der Waals surface area contributed by atoms with E-state index in [0.29, 0.717) is 18.6 Å². The van der Waals surface area contributed by atoms with Crippen molar-refractivity contribution in [2.75, 3.05) is 7.11 Å². The molecule has 0 radical (unpaired) electrons. The molecule has 1 aliphatic heterocycles. The fourth-order valence-electron chi connectivity index (χ4n) is 5.54. The molecule has 7 unspecified atom stereocenters. The minimum atomic E-state index is -0.0505. The topological polar surface area (TPSA) is 35.5 Å². The van der Waals surface area contributed by atoms with E-state index in [4.69, 9.17) is 9.47 Å². The molecule has 7 atom stereocenters. The zero-order valence-corrected chi connectivity index (χ0v) is 13.0. The average Bonchev–Trinajstić information content (AvgIpc) is 3.13. The summed E-state index contributed by atoms with van der Waals surface area (Å²) in [5.41, 5.74) is 0. The summed E-state index contributed by atoms with van der Waals surface area (Å²) in [6, 6.07) is 0. The van der Waals surface area contributed by atoms with Crippen LogP contribution in [0.5, 0.6) is 0 Å². The monoisotopic (exact) mass is 280 g/mol. The average molecular weight is 280 g/mol. The molecule has 0 aromatic heterocycles. The SMILES string of the molecule is CCC1OC(CC)C2C3CC(CC3CCC(=O)OC)C12. The quantitative estimate of drug-likeness (QED) is 0.724. The molecule has 3 rings (SSSR count). The Morgan fingerprint density at radius 3 is 2.50 bits per heavy atom. The van der Waals surface area contributed by atoms with Gasteiger partial charge in [0.05, 0.1) is 19.3 Å². The highest BCUT2D eigenvalue weighted by molar-refractivity contribution is 5.69. The summed E-state index contributed by atoms with van der Waals surface area (Å²) >= 11 is 0. The number of fused-ring (bicyclic) bond motifs is 5. The summed E-state index contributed by atoms with van der Waals surface area (Å²) < 4.78 is 11.1. The number of hydrogen-bond acceptors (Lipinski definition) is 3. The number of ether oxygens (including phenoxy) is 2. The van der Waals surface area contributed by atoms with Crippen LogP contribution in [0.3, 0.4) is 0 Å². The van der Waals surface area contributed by atoms with Gasteiger partial charge in [-0.3, -0.25) is 4.79 Å². The second-order valence-electron chi connectivity index (χ2n) is 6.95. The summed E-state index contributed by atoms with van der Waals surface area (Å²) in [5, 5.41) is 0. The smallest absolute Gasteiger partial charge is 0.305 e. The van der Waals surface area contributed by atoms with E-state index in [0.717, 1.165) is 48.9 Å². The molecule has 1 heterocycles. The lowest BCUT2D eigenvalue weighted by Crippen LogP contribution is -2.32. The molecule has 3 fully saturated rings. The highest BCUT2D eigenvalue weighted by atomic mass is 16.5. The first-order valence-corrected chi connectivity index (χ1v) is 8.41. The molecule has 114 valence electrons. The number of carbonyl (C=O) groups is 1. The van der Waals surface area contributed by atoms with E-state index in [-0.39, 0.29) is 5.97 Å². The molecule has 2 bridgehead atoms. The van der Waals surface area contributed by atoms with Gasteiger partial charge in [0.1, 0.15) is 0 Å². The van der Waals surface area contributed by atoms with Gasteiger partial charge >= 0.3 is 5.97 Å². The Balaban J connectivity index is 1.67. The Morgan fingerprint density at radius 2 is 1.85 bits per heavy atom. The van der Waals surface area contributed by atoms with E-state index < -0.39 is 0 Å². The number of rotatable bonds is 5. The van der Waals surface area contributed by atoms with Crippen molar-refractivity contribution in [1.82, 2.24) is 0 Å². The molecule has 2 aliphatic carbocycles. The number of hydrogen-bond donors (Lipinski definition) is 0. The molecular formula is C17H28O3. The zero-order chi connectivity index (χ0) is 14.3. The lowest BCUT2D eigenvalue weighted by Gasteiger charge is -2.33. The van der Waals surface area contributed by atoms with E-state index in [1.807, 2.05) is 0 Å². The van der Waals surface area contributed by atoms with Crippen LogP contribution in [0.1, 0.15) is 52.4 Å². The van der Waals surface area contributed by atoms with E-state index >= 15 is 0 Å². The van der Waals surface area contributed by atoms with Crippen LogP contribution in [0.25, 0.3) is 0 Å². The maximum Gasteiger partial charge on any atom is 0.305 e. The van der Waals surface area contributed by atoms with Crippen LogP contribution in [-0.4, -0.2) is 25.3 Å². The van der Waals surface area contributed by atoms with E-state index in [2.05, 4.69) is 13.8 Å². The van der Waals surface area contributed by atoms with Crippen molar-refractivity contribution in [1.29, 1.82) is 0 Å². The van der Waals surface area contributed by atoms with Crippen molar-refractivity contribution < 1.29 is 14.3 Å². The Morgan fingerprint density at radius 1 is 1.15 bits per heavy atom. The lowest BCUT2D eigenvalue weighted by atomic mass is 9.69. The van der Waals surface area contributed by atoms with Gasteiger partial charge in [-0.25, -0.2) is 0 Å². The second kappa shape index (κ2) is 5.67. The molecule has 2 saturated carbocycles. The molecule has 1 saturated heterocycles. The fraction of sp³-hybridized carbons (Fsp3) is 0.941. The van der Waals surface area contributed by atoms with Gasteiger partial charge in [0.15, 0.2) is 0 Å². The van der Waals surface area contributed by atoms with Gasteiger partial charge in [-0.15, -0.1) is 0 Å². The second-order valence-corrected chi connectivity index (χ2v) is 6.95. The molecular weight excluding hydrogens is 252 g/mol.